The molecule has 1 aromatic heterocycles. The van der Waals surface area contributed by atoms with E-state index in [0.29, 0.717) is 35.2 Å². The summed E-state index contributed by atoms with van der Waals surface area (Å²) in [5, 5.41) is -0.483. The Kier molecular flexibility index (Phi) is 5.67. The first-order chi connectivity index (χ1) is 17.7. The highest BCUT2D eigenvalue weighted by Crippen LogP contribution is 2.37. The minimum Gasteiger partial charge on any atom is -0.371 e. The smallest absolute Gasteiger partial charge is 0.259 e. The number of fused-ring (bicyclic) bond motifs is 2. The molecule has 8 heteroatoms. The summed E-state index contributed by atoms with van der Waals surface area (Å²) in [6.45, 7) is 8.19. The van der Waals surface area contributed by atoms with Gasteiger partial charge in [0, 0.05) is 36.3 Å². The zero-order chi connectivity index (χ0) is 25.9. The van der Waals surface area contributed by atoms with Crippen LogP contribution in [0, 0.1) is 5.92 Å². The predicted octanol–water partition coefficient (Wildman–Crippen LogP) is 4.72. The second-order valence-electron chi connectivity index (χ2n) is 10.5. The molecule has 2 aromatic carbocycles. The summed E-state index contributed by atoms with van der Waals surface area (Å²) in [7, 11) is -3.34. The van der Waals surface area contributed by atoms with Crippen LogP contribution in [0.1, 0.15) is 54.5 Å². The van der Waals surface area contributed by atoms with E-state index in [-0.39, 0.29) is 5.91 Å². The highest BCUT2D eigenvalue weighted by Gasteiger charge is 2.34. The first-order valence-electron chi connectivity index (χ1n) is 12.8. The Morgan fingerprint density at radius 3 is 2.57 bits per heavy atom. The van der Waals surface area contributed by atoms with E-state index in [1.807, 2.05) is 17.0 Å². The Morgan fingerprint density at radius 2 is 1.86 bits per heavy atom. The summed E-state index contributed by atoms with van der Waals surface area (Å²) >= 11 is 0. The number of carbonyl (C=O) groups excluding carboxylic acids is 1. The maximum absolute atomic E-state index is 13.5. The number of allylic oxidation sites excluding steroid dienone is 1. The lowest BCUT2D eigenvalue weighted by Crippen LogP contribution is -2.23. The van der Waals surface area contributed by atoms with Crippen LogP contribution >= 0.6 is 0 Å². The van der Waals surface area contributed by atoms with Crippen molar-refractivity contribution in [1.82, 2.24) is 14.9 Å². The molecule has 1 fully saturated rings. The fourth-order valence-corrected chi connectivity index (χ4v) is 6.43. The molecule has 2 aliphatic heterocycles. The lowest BCUT2D eigenvalue weighted by Gasteiger charge is -2.19. The topological polar surface area (TPSA) is 83.5 Å². The van der Waals surface area contributed by atoms with Gasteiger partial charge in [-0.25, -0.2) is 13.4 Å². The molecule has 0 radical (unpaired) electrons. The normalized spacial score (nSPS) is 19.0. The zero-order valence-electron chi connectivity index (χ0n) is 21.3. The third-order valence-electron chi connectivity index (χ3n) is 7.66. The van der Waals surface area contributed by atoms with Crippen molar-refractivity contribution >= 4 is 27.1 Å². The Hall–Kier alpha value is -3.52. The molecule has 1 amide bonds. The molecule has 1 aliphatic carbocycles. The van der Waals surface area contributed by atoms with Crippen molar-refractivity contribution in [3.05, 3.63) is 77.3 Å². The van der Waals surface area contributed by atoms with Crippen molar-refractivity contribution in [1.29, 1.82) is 0 Å². The van der Waals surface area contributed by atoms with E-state index in [0.717, 1.165) is 46.9 Å². The van der Waals surface area contributed by atoms with Gasteiger partial charge in [-0.3, -0.25) is 9.78 Å². The number of nitrogens with zero attached hydrogens (tertiary/aromatic N) is 4. The van der Waals surface area contributed by atoms with Gasteiger partial charge in [0.15, 0.2) is 9.84 Å². The molecule has 190 valence electrons. The molecule has 3 aliphatic rings. The van der Waals surface area contributed by atoms with Crippen LogP contribution in [0.2, 0.25) is 0 Å². The van der Waals surface area contributed by atoms with E-state index in [4.69, 9.17) is 4.98 Å². The van der Waals surface area contributed by atoms with Crippen molar-refractivity contribution < 1.29 is 13.2 Å². The second kappa shape index (κ2) is 8.80. The lowest BCUT2D eigenvalue weighted by atomic mass is 10.1. The largest absolute Gasteiger partial charge is 0.371 e. The minimum absolute atomic E-state index is 0.00126. The molecule has 6 rings (SSSR count). The van der Waals surface area contributed by atoms with Crippen LogP contribution in [0.15, 0.2) is 59.6 Å². The number of benzene rings is 2. The molecule has 0 spiro atoms. The van der Waals surface area contributed by atoms with E-state index in [1.54, 1.807) is 44.3 Å². The molecule has 1 atom stereocenters. The Bertz CT molecular complexity index is 1540. The quantitative estimate of drug-likeness (QED) is 0.490. The number of aromatic nitrogens is 2. The van der Waals surface area contributed by atoms with E-state index >= 15 is 0 Å². The van der Waals surface area contributed by atoms with Crippen LogP contribution in [-0.4, -0.2) is 47.5 Å². The van der Waals surface area contributed by atoms with Crippen molar-refractivity contribution in [2.24, 2.45) is 5.92 Å². The number of sulfone groups is 1. The molecular formula is C29H30N4O3S. The summed E-state index contributed by atoms with van der Waals surface area (Å²) in [6.07, 6.45) is 5.55. The summed E-state index contributed by atoms with van der Waals surface area (Å²) in [5.41, 5.74) is 6.68. The standard InChI is InChI=1S/C29H30N4O3S/c1-18(2)37(35,36)23-8-5-20(6-9-23)26-15-30-25-10-11-27(28(25)31-26)33-17-21-4-7-22(14-24(21)29(33)34)32-13-12-19(3)16-32/h4-9,11,14-15,18-19H,10,12-13,16-17H2,1-3H3/t19-/m0/s1. The summed E-state index contributed by atoms with van der Waals surface area (Å²) < 4.78 is 25.0. The molecule has 3 aromatic rings. The van der Waals surface area contributed by atoms with E-state index < -0.39 is 15.1 Å². The number of amides is 1. The molecule has 0 bridgehead atoms. The van der Waals surface area contributed by atoms with Gasteiger partial charge in [-0.2, -0.15) is 0 Å². The SMILES string of the molecule is CC(C)S(=O)(=O)c1ccc(-c2cnc3c(n2)C(N2Cc4ccc(N5CC[C@H](C)C5)cc4C2=O)=CC3)cc1. The first kappa shape index (κ1) is 23.9. The minimum atomic E-state index is -3.34. The number of hydrogen-bond donors (Lipinski definition) is 0. The summed E-state index contributed by atoms with van der Waals surface area (Å²) in [6, 6.07) is 13.0. The van der Waals surface area contributed by atoms with Gasteiger partial charge in [-0.15, -0.1) is 0 Å². The number of rotatable bonds is 5. The average molecular weight is 515 g/mol. The number of anilines is 1. The molecule has 0 unspecified atom stereocenters. The van der Waals surface area contributed by atoms with Gasteiger partial charge in [0.2, 0.25) is 0 Å². The maximum atomic E-state index is 13.5. The van der Waals surface area contributed by atoms with Gasteiger partial charge in [-0.1, -0.05) is 31.2 Å². The van der Waals surface area contributed by atoms with Gasteiger partial charge < -0.3 is 9.80 Å². The molecule has 3 heterocycles. The fraction of sp³-hybridized carbons (Fsp3) is 0.345. The van der Waals surface area contributed by atoms with Gasteiger partial charge >= 0.3 is 0 Å². The highest BCUT2D eigenvalue weighted by atomic mass is 32.2. The molecule has 37 heavy (non-hydrogen) atoms. The van der Waals surface area contributed by atoms with E-state index in [1.165, 1.54) is 6.42 Å². The van der Waals surface area contributed by atoms with Crippen molar-refractivity contribution in [2.45, 2.75) is 50.3 Å². The molecule has 1 saturated heterocycles. The van der Waals surface area contributed by atoms with Crippen LogP contribution in [0.3, 0.4) is 0 Å². The second-order valence-corrected chi connectivity index (χ2v) is 13.0. The van der Waals surface area contributed by atoms with Gasteiger partial charge in [0.25, 0.3) is 5.91 Å². The van der Waals surface area contributed by atoms with Crippen molar-refractivity contribution in [3.8, 4) is 11.3 Å². The predicted molar refractivity (Wildman–Crippen MR) is 144 cm³/mol. The maximum Gasteiger partial charge on any atom is 0.259 e. The first-order valence-corrected chi connectivity index (χ1v) is 14.4. The third-order valence-corrected chi connectivity index (χ3v) is 9.83. The lowest BCUT2D eigenvalue weighted by molar-refractivity contribution is 0.0854. The van der Waals surface area contributed by atoms with Crippen LogP contribution in [-0.2, 0) is 22.8 Å². The zero-order valence-corrected chi connectivity index (χ0v) is 22.1. The van der Waals surface area contributed by atoms with Gasteiger partial charge in [0.05, 0.1) is 40.0 Å². The Morgan fingerprint density at radius 1 is 1.08 bits per heavy atom. The summed E-state index contributed by atoms with van der Waals surface area (Å²) in [5.74, 6) is 0.669. The Balaban J connectivity index is 1.27. The number of hydrogen-bond acceptors (Lipinski definition) is 6. The van der Waals surface area contributed by atoms with Gasteiger partial charge in [-0.05, 0) is 56.0 Å². The Labute approximate surface area is 217 Å². The van der Waals surface area contributed by atoms with Crippen LogP contribution in [0.4, 0.5) is 5.69 Å². The van der Waals surface area contributed by atoms with Crippen LogP contribution in [0.25, 0.3) is 17.0 Å². The molecular weight excluding hydrogens is 484 g/mol. The fourth-order valence-electron chi connectivity index (χ4n) is 5.37. The van der Waals surface area contributed by atoms with Crippen LogP contribution < -0.4 is 4.90 Å². The average Bonchev–Trinajstić information content (AvgIpc) is 3.60. The third kappa shape index (κ3) is 4.03. The number of carbonyl (C=O) groups is 1. The van der Waals surface area contributed by atoms with E-state index in [2.05, 4.69) is 28.9 Å². The van der Waals surface area contributed by atoms with Gasteiger partial charge in [0.1, 0.15) is 5.69 Å². The summed E-state index contributed by atoms with van der Waals surface area (Å²) in [4.78, 5) is 27.5. The molecule has 0 N–H and O–H groups in total. The highest BCUT2D eigenvalue weighted by molar-refractivity contribution is 7.92. The molecule has 7 nitrogen and oxygen atoms in total. The molecule has 0 saturated carbocycles. The van der Waals surface area contributed by atoms with Crippen LogP contribution in [0.5, 0.6) is 0 Å². The van der Waals surface area contributed by atoms with Crippen molar-refractivity contribution in [3.63, 3.8) is 0 Å². The van der Waals surface area contributed by atoms with Crippen molar-refractivity contribution in [2.75, 3.05) is 18.0 Å². The van der Waals surface area contributed by atoms with E-state index in [9.17, 15) is 13.2 Å². The monoisotopic (exact) mass is 514 g/mol.